The van der Waals surface area contributed by atoms with Crippen molar-refractivity contribution in [3.8, 4) is 0 Å². The molecule has 1 aromatic heterocycles. The van der Waals surface area contributed by atoms with Gasteiger partial charge < -0.3 is 4.90 Å². The van der Waals surface area contributed by atoms with E-state index in [9.17, 15) is 14.4 Å². The molecule has 0 saturated carbocycles. The molecule has 1 aromatic carbocycles. The minimum atomic E-state index is -0.413. The Balaban J connectivity index is 0.00000109. The van der Waals surface area contributed by atoms with Crippen molar-refractivity contribution in [3.63, 3.8) is 0 Å². The number of hydrogen-bond acceptors (Lipinski definition) is 4. The molecular weight excluding hydrogens is 354 g/mol. The predicted molar refractivity (Wildman–Crippen MR) is 106 cm³/mol. The van der Waals surface area contributed by atoms with Crippen molar-refractivity contribution in [3.05, 3.63) is 77.6 Å². The molecule has 144 valence electrons. The van der Waals surface area contributed by atoms with E-state index in [1.54, 1.807) is 41.6 Å². The van der Waals surface area contributed by atoms with Crippen LogP contribution in [0, 0.1) is 0 Å². The number of nitrogens with zero attached hydrogens (tertiary/aromatic N) is 3. The third-order valence-electron chi connectivity index (χ3n) is 4.77. The Bertz CT molecular complexity index is 873. The van der Waals surface area contributed by atoms with Crippen molar-refractivity contribution in [1.29, 1.82) is 0 Å². The molecule has 2 aliphatic heterocycles. The lowest BCUT2D eigenvalue weighted by atomic mass is 10.0. The molecule has 3 amide bonds. The molecule has 0 saturated heterocycles. The average Bonchev–Trinajstić information content (AvgIpc) is 3.01. The maximum absolute atomic E-state index is 12.9. The number of imide groups is 1. The molecule has 6 nitrogen and oxygen atoms in total. The smallest absolute Gasteiger partial charge is 0.262 e. The summed E-state index contributed by atoms with van der Waals surface area (Å²) in [6.45, 7) is 4.19. The van der Waals surface area contributed by atoms with Gasteiger partial charge in [-0.2, -0.15) is 0 Å². The third kappa shape index (κ3) is 3.58. The number of carbonyl (C=O) groups is 3. The first-order valence-corrected chi connectivity index (χ1v) is 9.46. The van der Waals surface area contributed by atoms with Crippen molar-refractivity contribution in [2.45, 2.75) is 26.3 Å². The van der Waals surface area contributed by atoms with Crippen molar-refractivity contribution in [2.24, 2.45) is 0 Å². The van der Waals surface area contributed by atoms with Crippen LogP contribution in [0.1, 0.15) is 52.6 Å². The van der Waals surface area contributed by atoms with Crippen LogP contribution in [0.3, 0.4) is 0 Å². The van der Waals surface area contributed by atoms with Crippen LogP contribution in [-0.4, -0.2) is 45.6 Å². The summed E-state index contributed by atoms with van der Waals surface area (Å²) >= 11 is 0. The molecule has 3 heterocycles. The van der Waals surface area contributed by atoms with E-state index in [2.05, 4.69) is 4.98 Å². The summed E-state index contributed by atoms with van der Waals surface area (Å²) in [5.41, 5.74) is 1.65. The first kappa shape index (κ1) is 19.5. The second-order valence-corrected chi connectivity index (χ2v) is 6.30. The highest BCUT2D eigenvalue weighted by molar-refractivity contribution is 6.22. The molecule has 0 radical (unpaired) electrons. The summed E-state index contributed by atoms with van der Waals surface area (Å²) < 4.78 is 0. The monoisotopic (exact) mass is 377 g/mol. The summed E-state index contributed by atoms with van der Waals surface area (Å²) in [5, 5.41) is 0. The zero-order valence-electron chi connectivity index (χ0n) is 16.0. The van der Waals surface area contributed by atoms with E-state index < -0.39 is 11.8 Å². The van der Waals surface area contributed by atoms with Crippen molar-refractivity contribution >= 4 is 17.7 Å². The molecule has 0 N–H and O–H groups in total. The zero-order chi connectivity index (χ0) is 20.1. The number of carbonyl (C=O) groups excluding carboxylic acids is 3. The van der Waals surface area contributed by atoms with Gasteiger partial charge in [0.2, 0.25) is 5.91 Å². The van der Waals surface area contributed by atoms with E-state index in [1.165, 1.54) is 0 Å². The van der Waals surface area contributed by atoms with Crippen LogP contribution >= 0.6 is 0 Å². The topological polar surface area (TPSA) is 70.6 Å². The molecule has 28 heavy (non-hydrogen) atoms. The van der Waals surface area contributed by atoms with Gasteiger partial charge in [0.05, 0.1) is 17.2 Å². The van der Waals surface area contributed by atoms with Crippen LogP contribution < -0.4 is 0 Å². The fourth-order valence-corrected chi connectivity index (χ4v) is 3.44. The second-order valence-electron chi connectivity index (χ2n) is 6.30. The number of rotatable bonds is 3. The van der Waals surface area contributed by atoms with E-state index in [1.807, 2.05) is 38.1 Å². The van der Waals surface area contributed by atoms with E-state index >= 15 is 0 Å². The van der Waals surface area contributed by atoms with E-state index in [-0.39, 0.29) is 18.5 Å². The number of fused-ring (bicyclic) bond motifs is 1. The van der Waals surface area contributed by atoms with Gasteiger partial charge in [0.15, 0.2) is 0 Å². The van der Waals surface area contributed by atoms with Crippen molar-refractivity contribution in [2.75, 3.05) is 13.1 Å². The molecule has 2 aromatic rings. The minimum Gasteiger partial charge on any atom is -0.330 e. The number of hydrogen-bond donors (Lipinski definition) is 0. The van der Waals surface area contributed by atoms with Gasteiger partial charge in [0.25, 0.3) is 11.8 Å². The minimum absolute atomic E-state index is 0.142. The molecule has 0 spiro atoms. The van der Waals surface area contributed by atoms with Gasteiger partial charge in [-0.1, -0.05) is 44.2 Å². The van der Waals surface area contributed by atoms with E-state index in [0.29, 0.717) is 24.1 Å². The maximum Gasteiger partial charge on any atom is 0.262 e. The van der Waals surface area contributed by atoms with Crippen LogP contribution in [0.15, 0.2) is 60.9 Å². The molecule has 1 unspecified atom stereocenters. The van der Waals surface area contributed by atoms with Crippen LogP contribution in [0.5, 0.6) is 0 Å². The molecule has 6 heteroatoms. The first-order valence-electron chi connectivity index (χ1n) is 9.46. The Kier molecular flexibility index (Phi) is 5.99. The van der Waals surface area contributed by atoms with E-state index in [4.69, 9.17) is 0 Å². The fourth-order valence-electron chi connectivity index (χ4n) is 3.44. The Morgan fingerprint density at radius 1 is 1.04 bits per heavy atom. The summed E-state index contributed by atoms with van der Waals surface area (Å²) in [5.74, 6) is -1.08. The number of benzene rings is 1. The number of aromatic nitrogens is 1. The van der Waals surface area contributed by atoms with Gasteiger partial charge in [0.1, 0.15) is 6.54 Å². The highest BCUT2D eigenvalue weighted by atomic mass is 16.2. The van der Waals surface area contributed by atoms with Crippen LogP contribution in [0.25, 0.3) is 0 Å². The van der Waals surface area contributed by atoms with Gasteiger partial charge in [-0.25, -0.2) is 0 Å². The van der Waals surface area contributed by atoms with Gasteiger partial charge in [0, 0.05) is 18.9 Å². The lowest BCUT2D eigenvalue weighted by Gasteiger charge is -2.34. The summed E-state index contributed by atoms with van der Waals surface area (Å²) in [7, 11) is 0. The number of pyridine rings is 1. The number of amides is 3. The Morgan fingerprint density at radius 2 is 1.71 bits per heavy atom. The molecule has 2 aliphatic rings. The maximum atomic E-state index is 12.9. The van der Waals surface area contributed by atoms with Crippen LogP contribution in [0.2, 0.25) is 0 Å². The van der Waals surface area contributed by atoms with Gasteiger partial charge in [-0.15, -0.1) is 0 Å². The Labute approximate surface area is 164 Å². The van der Waals surface area contributed by atoms with Crippen molar-refractivity contribution in [1.82, 2.24) is 14.8 Å². The van der Waals surface area contributed by atoms with Crippen LogP contribution in [0.4, 0.5) is 0 Å². The average molecular weight is 377 g/mol. The highest BCUT2D eigenvalue weighted by Crippen LogP contribution is 2.28. The molecule has 0 bridgehead atoms. The zero-order valence-corrected chi connectivity index (χ0v) is 16.0. The summed E-state index contributed by atoms with van der Waals surface area (Å²) in [6, 6.07) is 10.3. The van der Waals surface area contributed by atoms with Gasteiger partial charge in [-0.05, 0) is 30.2 Å². The molecule has 0 aliphatic carbocycles. The van der Waals surface area contributed by atoms with E-state index in [0.717, 1.165) is 10.5 Å². The molecule has 4 rings (SSSR count). The Hall–Kier alpha value is -3.28. The summed E-state index contributed by atoms with van der Waals surface area (Å²) in [6.07, 6.45) is 8.06. The Morgan fingerprint density at radius 3 is 2.32 bits per heavy atom. The first-order chi connectivity index (χ1) is 13.7. The largest absolute Gasteiger partial charge is 0.330 e. The van der Waals surface area contributed by atoms with Gasteiger partial charge in [-0.3, -0.25) is 24.3 Å². The fraction of sp³-hybridized carbons (Fsp3) is 0.273. The third-order valence-corrected chi connectivity index (χ3v) is 4.77. The van der Waals surface area contributed by atoms with Gasteiger partial charge >= 0.3 is 0 Å². The SMILES string of the molecule is CC.O=C1c2ccccc2C(=O)N1CC(=O)N1CC=CCC1c1cccnc1. The highest BCUT2D eigenvalue weighted by Gasteiger charge is 2.38. The predicted octanol–water partition coefficient (Wildman–Crippen LogP) is 3.23. The second kappa shape index (κ2) is 8.61. The molecule has 1 atom stereocenters. The standard InChI is InChI=1S/C20H17N3O3.C2H6/c24-18(13-23-19(25)15-7-1-2-8-16(15)20(23)26)22-11-4-3-9-17(22)14-6-5-10-21-12-14;1-2/h1-8,10,12,17H,9,11,13H2;1-2H3. The van der Waals surface area contributed by atoms with Crippen LogP contribution in [-0.2, 0) is 4.79 Å². The lowest BCUT2D eigenvalue weighted by molar-refractivity contribution is -0.133. The lowest BCUT2D eigenvalue weighted by Crippen LogP contribution is -2.45. The normalized spacial score (nSPS) is 17.9. The summed E-state index contributed by atoms with van der Waals surface area (Å²) in [4.78, 5) is 44.7. The quantitative estimate of drug-likeness (QED) is 0.608. The van der Waals surface area contributed by atoms with Crippen molar-refractivity contribution < 1.29 is 14.4 Å². The molecular formula is C22H23N3O3. The molecule has 0 fully saturated rings.